The van der Waals surface area contributed by atoms with Crippen LogP contribution in [-0.2, 0) is 0 Å². The molecule has 0 spiro atoms. The monoisotopic (exact) mass is 354 g/mol. The lowest BCUT2D eigenvalue weighted by Crippen LogP contribution is -2.08. The van der Waals surface area contributed by atoms with Gasteiger partial charge < -0.3 is 9.15 Å². The van der Waals surface area contributed by atoms with Gasteiger partial charge in [0.15, 0.2) is 0 Å². The first-order valence-electron chi connectivity index (χ1n) is 6.99. The highest BCUT2D eigenvalue weighted by Crippen LogP contribution is 2.25. The average molecular weight is 354 g/mol. The van der Waals surface area contributed by atoms with Crippen molar-refractivity contribution in [1.29, 1.82) is 0 Å². The first-order valence-corrected chi connectivity index (χ1v) is 6.99. The average Bonchev–Trinajstić information content (AvgIpc) is 3.08. The molecule has 1 atom stereocenters. The smallest absolute Gasteiger partial charge is 0.316 e. The van der Waals surface area contributed by atoms with E-state index in [1.807, 2.05) is 0 Å². The highest BCUT2D eigenvalue weighted by Gasteiger charge is 2.18. The minimum atomic E-state index is -2.88. The van der Waals surface area contributed by atoms with E-state index in [0.717, 1.165) is 18.2 Å². The zero-order valence-corrected chi connectivity index (χ0v) is 12.7. The molecule has 0 bridgehead atoms. The summed E-state index contributed by atoms with van der Waals surface area (Å²) in [7, 11) is 0. The van der Waals surface area contributed by atoms with Crippen molar-refractivity contribution in [3.05, 3.63) is 53.7 Å². The number of alkyl halides is 2. The Morgan fingerprint density at radius 2 is 1.80 bits per heavy atom. The maximum Gasteiger partial charge on any atom is 0.316 e. The van der Waals surface area contributed by atoms with Crippen molar-refractivity contribution < 1.29 is 26.7 Å². The molecule has 3 aromatic rings. The van der Waals surface area contributed by atoms with Gasteiger partial charge in [0.05, 0.1) is 5.56 Å². The van der Waals surface area contributed by atoms with E-state index in [4.69, 9.17) is 9.15 Å². The van der Waals surface area contributed by atoms with Crippen LogP contribution < -0.4 is 4.74 Å². The summed E-state index contributed by atoms with van der Waals surface area (Å²) >= 11 is 0. The lowest BCUT2D eigenvalue weighted by atomic mass is 10.1. The van der Waals surface area contributed by atoms with Gasteiger partial charge in [0.25, 0.3) is 11.8 Å². The zero-order chi connectivity index (χ0) is 18.0. The Labute approximate surface area is 138 Å². The van der Waals surface area contributed by atoms with E-state index in [-0.39, 0.29) is 23.0 Å². The Morgan fingerprint density at radius 1 is 1.08 bits per heavy atom. The predicted molar refractivity (Wildman–Crippen MR) is 75.7 cm³/mol. The standard InChI is InChI=1S/C15H10F4N4O2/c1-7(10-4-9(16)2-3-11(10)17)24-15-20-5-8(6-21-15)13-22-23-14(25-13)12(18)19/h2-7,12H,1H3/t7-/m1/s1. The summed E-state index contributed by atoms with van der Waals surface area (Å²) in [6, 6.07) is 2.88. The maximum absolute atomic E-state index is 13.7. The van der Waals surface area contributed by atoms with Crippen LogP contribution in [0.1, 0.15) is 30.9 Å². The van der Waals surface area contributed by atoms with Crippen LogP contribution in [0.15, 0.2) is 35.0 Å². The third kappa shape index (κ3) is 3.73. The molecule has 10 heteroatoms. The SMILES string of the molecule is C[C@@H](Oc1ncc(-c2nnc(C(F)F)o2)cn1)c1cc(F)ccc1F. The van der Waals surface area contributed by atoms with Crippen molar-refractivity contribution in [2.24, 2.45) is 0 Å². The number of rotatable bonds is 5. The van der Waals surface area contributed by atoms with E-state index in [1.165, 1.54) is 19.3 Å². The summed E-state index contributed by atoms with van der Waals surface area (Å²) < 4.78 is 61.9. The molecule has 0 aliphatic heterocycles. The molecule has 0 radical (unpaired) electrons. The number of hydrogen-bond acceptors (Lipinski definition) is 6. The fourth-order valence-electron chi connectivity index (χ4n) is 1.97. The highest BCUT2D eigenvalue weighted by molar-refractivity contribution is 5.49. The molecule has 0 amide bonds. The van der Waals surface area contributed by atoms with E-state index in [1.54, 1.807) is 0 Å². The predicted octanol–water partition coefficient (Wildman–Crippen LogP) is 3.88. The van der Waals surface area contributed by atoms with Crippen molar-refractivity contribution in [3.63, 3.8) is 0 Å². The lowest BCUT2D eigenvalue weighted by Gasteiger charge is -2.14. The number of nitrogens with zero attached hydrogens (tertiary/aromatic N) is 4. The van der Waals surface area contributed by atoms with Gasteiger partial charge in [-0.2, -0.15) is 8.78 Å². The third-order valence-corrected chi connectivity index (χ3v) is 3.18. The molecule has 0 aliphatic carbocycles. The Balaban J connectivity index is 1.74. The molecular formula is C15H10F4N4O2. The Kier molecular flexibility index (Phi) is 4.59. The molecule has 0 aliphatic rings. The molecule has 130 valence electrons. The fraction of sp³-hybridized carbons (Fsp3) is 0.200. The minimum Gasteiger partial charge on any atom is -0.455 e. The van der Waals surface area contributed by atoms with Crippen LogP contribution >= 0.6 is 0 Å². The number of hydrogen-bond donors (Lipinski definition) is 0. The summed E-state index contributed by atoms with van der Waals surface area (Å²) in [4.78, 5) is 7.72. The topological polar surface area (TPSA) is 73.9 Å². The van der Waals surface area contributed by atoms with Crippen LogP contribution in [-0.4, -0.2) is 20.2 Å². The van der Waals surface area contributed by atoms with Gasteiger partial charge in [-0.1, -0.05) is 0 Å². The van der Waals surface area contributed by atoms with Crippen LogP contribution in [0.25, 0.3) is 11.5 Å². The largest absolute Gasteiger partial charge is 0.455 e. The minimum absolute atomic E-state index is 0.00570. The molecule has 6 nitrogen and oxygen atoms in total. The van der Waals surface area contributed by atoms with Crippen molar-refractivity contribution >= 4 is 0 Å². The molecule has 1 aromatic carbocycles. The normalized spacial score (nSPS) is 12.4. The van der Waals surface area contributed by atoms with Gasteiger partial charge >= 0.3 is 12.4 Å². The molecule has 0 fully saturated rings. The second-order valence-corrected chi connectivity index (χ2v) is 4.93. The van der Waals surface area contributed by atoms with Crippen LogP contribution in [0.2, 0.25) is 0 Å². The molecule has 2 heterocycles. The maximum atomic E-state index is 13.7. The van der Waals surface area contributed by atoms with Gasteiger partial charge in [-0.05, 0) is 25.1 Å². The molecule has 3 rings (SSSR count). The first-order chi connectivity index (χ1) is 11.9. The molecule has 0 N–H and O–H groups in total. The van der Waals surface area contributed by atoms with Crippen LogP contribution in [0.4, 0.5) is 17.6 Å². The van der Waals surface area contributed by atoms with Gasteiger partial charge in [0.2, 0.25) is 0 Å². The summed E-state index contributed by atoms with van der Waals surface area (Å²) in [5.74, 6) is -2.22. The summed E-state index contributed by atoms with van der Waals surface area (Å²) in [5, 5.41) is 6.65. The van der Waals surface area contributed by atoms with E-state index >= 15 is 0 Å². The molecule has 2 aromatic heterocycles. The van der Waals surface area contributed by atoms with E-state index in [0.29, 0.717) is 0 Å². The van der Waals surface area contributed by atoms with Crippen molar-refractivity contribution in [2.75, 3.05) is 0 Å². The van der Waals surface area contributed by atoms with E-state index in [9.17, 15) is 17.6 Å². The van der Waals surface area contributed by atoms with Gasteiger partial charge in [-0.3, -0.25) is 0 Å². The lowest BCUT2D eigenvalue weighted by molar-refractivity contribution is 0.116. The summed E-state index contributed by atoms with van der Waals surface area (Å²) in [6.45, 7) is 1.50. The Hall–Kier alpha value is -3.04. The molecule has 0 unspecified atom stereocenters. The van der Waals surface area contributed by atoms with Crippen molar-refractivity contribution in [1.82, 2.24) is 20.2 Å². The Bertz CT molecular complexity index is 870. The van der Waals surface area contributed by atoms with Crippen LogP contribution in [0, 0.1) is 11.6 Å². The second kappa shape index (κ2) is 6.83. The highest BCUT2D eigenvalue weighted by atomic mass is 19.3. The molecular weight excluding hydrogens is 344 g/mol. The van der Waals surface area contributed by atoms with Crippen molar-refractivity contribution in [3.8, 4) is 17.5 Å². The second-order valence-electron chi connectivity index (χ2n) is 4.93. The van der Waals surface area contributed by atoms with Crippen LogP contribution in [0.3, 0.4) is 0 Å². The van der Waals surface area contributed by atoms with Crippen molar-refractivity contribution in [2.45, 2.75) is 19.5 Å². The van der Waals surface area contributed by atoms with Gasteiger partial charge in [-0.15, -0.1) is 10.2 Å². The first kappa shape index (κ1) is 16.8. The van der Waals surface area contributed by atoms with Crippen LogP contribution in [0.5, 0.6) is 6.01 Å². The zero-order valence-electron chi connectivity index (χ0n) is 12.7. The van der Waals surface area contributed by atoms with Gasteiger partial charge in [-0.25, -0.2) is 18.7 Å². The number of aromatic nitrogens is 4. The third-order valence-electron chi connectivity index (χ3n) is 3.18. The summed E-state index contributed by atoms with van der Waals surface area (Å²) in [6.07, 6.45) is -1.29. The number of halogens is 4. The van der Waals surface area contributed by atoms with E-state index in [2.05, 4.69) is 20.2 Å². The van der Waals surface area contributed by atoms with Gasteiger partial charge in [0, 0.05) is 18.0 Å². The van der Waals surface area contributed by atoms with Gasteiger partial charge in [0.1, 0.15) is 17.7 Å². The Morgan fingerprint density at radius 3 is 2.44 bits per heavy atom. The number of ether oxygens (including phenoxy) is 1. The van der Waals surface area contributed by atoms with E-state index < -0.39 is 30.1 Å². The fourth-order valence-corrected chi connectivity index (χ4v) is 1.97. The number of benzene rings is 1. The molecule has 0 saturated heterocycles. The molecule has 25 heavy (non-hydrogen) atoms. The summed E-state index contributed by atoms with van der Waals surface area (Å²) in [5.41, 5.74) is 0.211. The quantitative estimate of drug-likeness (QED) is 0.648. The molecule has 0 saturated carbocycles.